The Kier molecular flexibility index (Phi) is 7.37. The van der Waals surface area contributed by atoms with E-state index in [2.05, 4.69) is 20.6 Å². The molecule has 2 aromatic carbocycles. The van der Waals surface area contributed by atoms with Crippen molar-refractivity contribution in [2.24, 2.45) is 5.92 Å². The van der Waals surface area contributed by atoms with Crippen LogP contribution in [0.5, 0.6) is 11.6 Å². The van der Waals surface area contributed by atoms with Gasteiger partial charge in [-0.25, -0.2) is 19.7 Å². The number of likely N-dealkylation sites (tertiary alicyclic amines) is 1. The lowest BCUT2D eigenvalue weighted by molar-refractivity contribution is -0.118. The molecular weight excluding hydrogens is 520 g/mol. The first-order chi connectivity index (χ1) is 20.0. The number of aryl methyl sites for hydroxylation is 1. The van der Waals surface area contributed by atoms with Gasteiger partial charge in [0.05, 0.1) is 17.8 Å². The van der Waals surface area contributed by atoms with Gasteiger partial charge in [-0.05, 0) is 62.4 Å². The molecule has 4 aromatic rings. The molecular formula is C31H32N6O4. The quantitative estimate of drug-likeness (QED) is 0.238. The molecule has 0 bridgehead atoms. The molecule has 10 heteroatoms. The Bertz CT molecular complexity index is 1610. The number of ketones is 1. The molecule has 2 aliphatic rings. The van der Waals surface area contributed by atoms with Gasteiger partial charge < -0.3 is 25.4 Å². The summed E-state index contributed by atoms with van der Waals surface area (Å²) in [5.41, 5.74) is 3.17. The molecule has 0 radical (unpaired) electrons. The van der Waals surface area contributed by atoms with Crippen molar-refractivity contribution in [2.45, 2.75) is 38.6 Å². The molecule has 1 amide bonds. The SMILES string of the molecule is Cc1ccc2c(NCC(=O)C3CC3)cccc2c1Oc1ncccc1-c1ccnc(NC2CCCN(C(=O)O)C2)n1. The molecule has 3 N–H and O–H groups in total. The number of Topliss-reactive ketones (excluding diaryl/α,β-unsaturated/α-hetero) is 1. The van der Waals surface area contributed by atoms with E-state index in [0.717, 1.165) is 47.7 Å². The number of anilines is 2. The Labute approximate surface area is 237 Å². The van der Waals surface area contributed by atoms with E-state index in [-0.39, 0.29) is 17.7 Å². The van der Waals surface area contributed by atoms with Crippen molar-refractivity contribution < 1.29 is 19.4 Å². The number of carbonyl (C=O) groups excluding carboxylic acids is 1. The number of hydrogen-bond donors (Lipinski definition) is 3. The first-order valence-electron chi connectivity index (χ1n) is 14.0. The van der Waals surface area contributed by atoms with Gasteiger partial charge in [-0.3, -0.25) is 4.79 Å². The Balaban J connectivity index is 1.26. The number of carbonyl (C=O) groups is 2. The van der Waals surface area contributed by atoms with E-state index in [1.165, 1.54) is 4.90 Å². The average molecular weight is 553 g/mol. The second-order valence-corrected chi connectivity index (χ2v) is 10.6. The fourth-order valence-electron chi connectivity index (χ4n) is 5.25. The maximum Gasteiger partial charge on any atom is 0.407 e. The topological polar surface area (TPSA) is 130 Å². The molecule has 2 aromatic heterocycles. The molecule has 1 aliphatic carbocycles. The minimum atomic E-state index is -0.915. The minimum absolute atomic E-state index is 0.0691. The van der Waals surface area contributed by atoms with Crippen molar-refractivity contribution in [1.29, 1.82) is 0 Å². The van der Waals surface area contributed by atoms with E-state index in [9.17, 15) is 14.7 Å². The van der Waals surface area contributed by atoms with Gasteiger partial charge in [-0.15, -0.1) is 0 Å². The van der Waals surface area contributed by atoms with Crippen molar-refractivity contribution in [3.8, 4) is 22.9 Å². The third-order valence-corrected chi connectivity index (χ3v) is 7.62. The number of benzene rings is 2. The lowest BCUT2D eigenvalue weighted by atomic mass is 10.0. The highest BCUT2D eigenvalue weighted by Gasteiger charge is 2.29. The number of piperidine rings is 1. The zero-order valence-corrected chi connectivity index (χ0v) is 22.8. The highest BCUT2D eigenvalue weighted by atomic mass is 16.5. The maximum absolute atomic E-state index is 12.3. The smallest absolute Gasteiger partial charge is 0.407 e. The predicted octanol–water partition coefficient (Wildman–Crippen LogP) is 5.74. The van der Waals surface area contributed by atoms with Gasteiger partial charge in [0.25, 0.3) is 0 Å². The molecule has 6 rings (SSSR count). The van der Waals surface area contributed by atoms with Crippen molar-refractivity contribution >= 4 is 34.3 Å². The Morgan fingerprint density at radius 1 is 1.02 bits per heavy atom. The Hall–Kier alpha value is -4.73. The molecule has 0 spiro atoms. The van der Waals surface area contributed by atoms with Crippen molar-refractivity contribution in [1.82, 2.24) is 19.9 Å². The van der Waals surface area contributed by atoms with Crippen molar-refractivity contribution in [2.75, 3.05) is 30.3 Å². The van der Waals surface area contributed by atoms with Gasteiger partial charge in [0, 0.05) is 53.9 Å². The largest absolute Gasteiger partial charge is 0.465 e. The molecule has 1 saturated heterocycles. The van der Waals surface area contributed by atoms with E-state index < -0.39 is 6.09 Å². The second-order valence-electron chi connectivity index (χ2n) is 10.6. The van der Waals surface area contributed by atoms with Gasteiger partial charge in [0.15, 0.2) is 5.78 Å². The van der Waals surface area contributed by atoms with E-state index in [1.54, 1.807) is 18.5 Å². The fourth-order valence-corrected chi connectivity index (χ4v) is 5.25. The molecule has 1 atom stereocenters. The Morgan fingerprint density at radius 2 is 1.90 bits per heavy atom. The van der Waals surface area contributed by atoms with Crippen LogP contribution in [-0.4, -0.2) is 62.5 Å². The fraction of sp³-hybridized carbons (Fsp3) is 0.323. The third kappa shape index (κ3) is 5.91. The van der Waals surface area contributed by atoms with E-state index in [1.807, 2.05) is 49.4 Å². The highest BCUT2D eigenvalue weighted by Crippen LogP contribution is 2.39. The zero-order chi connectivity index (χ0) is 28.3. The van der Waals surface area contributed by atoms with E-state index in [4.69, 9.17) is 9.72 Å². The van der Waals surface area contributed by atoms with Gasteiger partial charge in [0.1, 0.15) is 5.75 Å². The lowest BCUT2D eigenvalue weighted by Crippen LogP contribution is -2.44. The van der Waals surface area contributed by atoms with Crippen molar-refractivity contribution in [3.05, 3.63) is 66.5 Å². The van der Waals surface area contributed by atoms with Crippen LogP contribution in [0.4, 0.5) is 16.4 Å². The van der Waals surface area contributed by atoms with Crippen LogP contribution in [0.2, 0.25) is 0 Å². The highest BCUT2D eigenvalue weighted by molar-refractivity contribution is 6.00. The van der Waals surface area contributed by atoms with Crippen LogP contribution in [0.15, 0.2) is 60.9 Å². The number of nitrogens with one attached hydrogen (secondary N) is 2. The summed E-state index contributed by atoms with van der Waals surface area (Å²) in [6, 6.07) is 15.4. The van der Waals surface area contributed by atoms with Crippen LogP contribution in [0.25, 0.3) is 22.0 Å². The molecule has 1 aliphatic heterocycles. The number of nitrogens with zero attached hydrogens (tertiary/aromatic N) is 4. The first-order valence-corrected chi connectivity index (χ1v) is 14.0. The van der Waals surface area contributed by atoms with Crippen LogP contribution < -0.4 is 15.4 Å². The number of rotatable bonds is 9. The van der Waals surface area contributed by atoms with Crippen molar-refractivity contribution in [3.63, 3.8) is 0 Å². The predicted molar refractivity (Wildman–Crippen MR) is 156 cm³/mol. The summed E-state index contributed by atoms with van der Waals surface area (Å²) in [5, 5.41) is 17.9. The molecule has 3 heterocycles. The minimum Gasteiger partial charge on any atom is -0.465 e. The van der Waals surface area contributed by atoms with Gasteiger partial charge in [0.2, 0.25) is 11.8 Å². The van der Waals surface area contributed by atoms with E-state index in [0.29, 0.717) is 48.5 Å². The van der Waals surface area contributed by atoms with Gasteiger partial charge in [-0.2, -0.15) is 0 Å². The molecule has 1 unspecified atom stereocenters. The molecule has 10 nitrogen and oxygen atoms in total. The third-order valence-electron chi connectivity index (χ3n) is 7.62. The molecule has 210 valence electrons. The molecule has 41 heavy (non-hydrogen) atoms. The normalized spacial score (nSPS) is 16.8. The summed E-state index contributed by atoms with van der Waals surface area (Å²) in [5.74, 6) is 1.98. The molecule has 2 fully saturated rings. The number of hydrogen-bond acceptors (Lipinski definition) is 8. The standard InChI is InChI=1S/C31H32N6O4/c1-19-9-12-22-23(6-2-8-25(22)34-17-27(38)20-10-11-20)28(19)41-29-24(7-3-14-32-29)26-13-15-33-30(36-26)35-21-5-4-16-37(18-21)31(39)40/h2-3,6-9,12-15,20-21,34H,4-5,10-11,16-18H2,1H3,(H,39,40)(H,33,35,36). The Morgan fingerprint density at radius 3 is 2.73 bits per heavy atom. The number of carboxylic acid groups (broad SMARTS) is 1. The van der Waals surface area contributed by atoms with Crippen LogP contribution >= 0.6 is 0 Å². The summed E-state index contributed by atoms with van der Waals surface area (Å²) < 4.78 is 6.51. The second kappa shape index (κ2) is 11.4. The van der Waals surface area contributed by atoms with Gasteiger partial charge >= 0.3 is 6.09 Å². The number of amides is 1. The molecule has 1 saturated carbocycles. The summed E-state index contributed by atoms with van der Waals surface area (Å²) in [4.78, 5) is 38.8. The zero-order valence-electron chi connectivity index (χ0n) is 22.8. The van der Waals surface area contributed by atoms with Gasteiger partial charge in [-0.1, -0.05) is 24.3 Å². The van der Waals surface area contributed by atoms with Crippen LogP contribution in [0.3, 0.4) is 0 Å². The monoisotopic (exact) mass is 552 g/mol. The number of ether oxygens (including phenoxy) is 1. The number of pyridine rings is 1. The average Bonchev–Trinajstić information content (AvgIpc) is 3.84. The summed E-state index contributed by atoms with van der Waals surface area (Å²) >= 11 is 0. The number of aromatic nitrogens is 3. The maximum atomic E-state index is 12.3. The summed E-state index contributed by atoms with van der Waals surface area (Å²) in [6.07, 6.45) is 6.04. The van der Waals surface area contributed by atoms with Crippen LogP contribution in [0, 0.1) is 12.8 Å². The summed E-state index contributed by atoms with van der Waals surface area (Å²) in [6.45, 7) is 3.23. The van der Waals surface area contributed by atoms with Crippen LogP contribution in [-0.2, 0) is 4.79 Å². The first kappa shape index (κ1) is 26.5. The lowest BCUT2D eigenvalue weighted by Gasteiger charge is -2.31. The van der Waals surface area contributed by atoms with Crippen LogP contribution in [0.1, 0.15) is 31.2 Å². The number of fused-ring (bicyclic) bond motifs is 1. The summed E-state index contributed by atoms with van der Waals surface area (Å²) in [7, 11) is 0. The van der Waals surface area contributed by atoms with E-state index >= 15 is 0 Å².